The van der Waals surface area contributed by atoms with E-state index in [1.54, 1.807) is 0 Å². The molecule has 2 radical (unpaired) electrons. The van der Waals surface area contributed by atoms with Crippen LogP contribution in [0.1, 0.15) is 0 Å². The molecule has 0 saturated heterocycles. The van der Waals surface area contributed by atoms with Crippen LogP contribution in [0.4, 0.5) is 17.1 Å². The Labute approximate surface area is 113 Å². The molecule has 2 N–H and O–H groups in total. The average molecular weight is 269 g/mol. The second kappa shape index (κ2) is 5.41. The Morgan fingerprint density at radius 2 is 1.33 bits per heavy atom. The van der Waals surface area contributed by atoms with Crippen molar-refractivity contribution in [1.29, 1.82) is 0 Å². The van der Waals surface area contributed by atoms with Crippen LogP contribution in [0.2, 0.25) is 0 Å². The molecule has 11 nitrogen and oxygen atoms in total. The number of phenolic OH excluding ortho intramolecular Hbond substituents is 2. The summed E-state index contributed by atoms with van der Waals surface area (Å²) in [6.07, 6.45) is 0. The predicted octanol–water partition coefficient (Wildman–Crippen LogP) is 0.442. The van der Waals surface area contributed by atoms with Gasteiger partial charge < -0.3 is 10.2 Å². The van der Waals surface area contributed by atoms with Crippen molar-refractivity contribution in [3.8, 4) is 11.5 Å². The molecule has 0 bridgehead atoms. The minimum absolute atomic E-state index is 0. The van der Waals surface area contributed by atoms with Crippen LogP contribution in [0.5, 0.6) is 11.5 Å². The second-order valence-corrected chi connectivity index (χ2v) is 2.73. The van der Waals surface area contributed by atoms with Gasteiger partial charge in [0.1, 0.15) is 0 Å². The van der Waals surface area contributed by atoms with E-state index in [0.717, 1.165) is 0 Å². The van der Waals surface area contributed by atoms with E-state index in [2.05, 4.69) is 0 Å². The molecular formula is C6H3MgN3O8. The third-order valence-electron chi connectivity index (χ3n) is 1.77. The molecule has 1 aromatic rings. The molecule has 0 aromatic heterocycles. The van der Waals surface area contributed by atoms with Crippen LogP contribution in [-0.4, -0.2) is 48.0 Å². The molecule has 0 aliphatic rings. The second-order valence-electron chi connectivity index (χ2n) is 2.73. The summed E-state index contributed by atoms with van der Waals surface area (Å²) in [6.45, 7) is 0. The number of phenols is 2. The van der Waals surface area contributed by atoms with Crippen molar-refractivity contribution >= 4 is 40.1 Å². The van der Waals surface area contributed by atoms with Crippen LogP contribution in [0.15, 0.2) is 6.07 Å². The topological polar surface area (TPSA) is 170 Å². The van der Waals surface area contributed by atoms with Crippen LogP contribution in [0, 0.1) is 30.3 Å². The highest BCUT2D eigenvalue weighted by molar-refractivity contribution is 5.75. The summed E-state index contributed by atoms with van der Waals surface area (Å²) in [5.74, 6) is -2.79. The Balaban J connectivity index is 0.00000289. The number of nitrogens with zero attached hydrogens (tertiary/aromatic N) is 3. The number of benzene rings is 1. The lowest BCUT2D eigenvalue weighted by Gasteiger charge is -2.00. The van der Waals surface area contributed by atoms with E-state index in [4.69, 9.17) is 5.11 Å². The van der Waals surface area contributed by atoms with Gasteiger partial charge in [-0.05, 0) is 0 Å². The summed E-state index contributed by atoms with van der Waals surface area (Å²) in [6, 6.07) is 0.232. The van der Waals surface area contributed by atoms with Crippen molar-refractivity contribution in [2.24, 2.45) is 0 Å². The molecule has 0 amide bonds. The summed E-state index contributed by atoms with van der Waals surface area (Å²) >= 11 is 0. The highest BCUT2D eigenvalue weighted by atomic mass is 24.3. The number of hydrogen-bond donors (Lipinski definition) is 2. The molecule has 0 spiro atoms. The van der Waals surface area contributed by atoms with Gasteiger partial charge in [0.25, 0.3) is 5.75 Å². The van der Waals surface area contributed by atoms with E-state index < -0.39 is 43.3 Å². The van der Waals surface area contributed by atoms with E-state index in [1.807, 2.05) is 0 Å². The van der Waals surface area contributed by atoms with Crippen LogP contribution in [-0.2, 0) is 0 Å². The highest BCUT2D eigenvalue weighted by Gasteiger charge is 2.38. The largest absolute Gasteiger partial charge is 0.502 e. The predicted molar refractivity (Wildman–Crippen MR) is 55.5 cm³/mol. The molecular weight excluding hydrogens is 266 g/mol. The van der Waals surface area contributed by atoms with Gasteiger partial charge in [0.2, 0.25) is 5.75 Å². The first-order valence-corrected chi connectivity index (χ1v) is 3.79. The van der Waals surface area contributed by atoms with Gasteiger partial charge in [0, 0.05) is 23.1 Å². The first-order chi connectivity index (χ1) is 7.77. The summed E-state index contributed by atoms with van der Waals surface area (Å²) in [7, 11) is 0. The van der Waals surface area contributed by atoms with Gasteiger partial charge in [0.15, 0.2) is 0 Å². The quantitative estimate of drug-likeness (QED) is 0.452. The summed E-state index contributed by atoms with van der Waals surface area (Å²) in [4.78, 5) is 27.4. The Morgan fingerprint density at radius 3 is 1.67 bits per heavy atom. The third-order valence-corrected chi connectivity index (χ3v) is 1.77. The monoisotopic (exact) mass is 269 g/mol. The van der Waals surface area contributed by atoms with Crippen molar-refractivity contribution in [2.45, 2.75) is 0 Å². The van der Waals surface area contributed by atoms with Gasteiger partial charge in [-0.25, -0.2) is 0 Å². The zero-order chi connectivity index (χ0) is 13.3. The Bertz CT molecular complexity index is 544. The summed E-state index contributed by atoms with van der Waals surface area (Å²) < 4.78 is 0. The number of hydrogen-bond acceptors (Lipinski definition) is 8. The molecule has 0 aliphatic heterocycles. The minimum atomic E-state index is -1.56. The zero-order valence-corrected chi connectivity index (χ0v) is 9.88. The van der Waals surface area contributed by atoms with Crippen LogP contribution in [0.3, 0.4) is 0 Å². The van der Waals surface area contributed by atoms with Crippen molar-refractivity contribution in [3.63, 3.8) is 0 Å². The maximum Gasteiger partial charge on any atom is 0.394 e. The fraction of sp³-hybridized carbons (Fsp3) is 0. The molecule has 1 aromatic carbocycles. The van der Waals surface area contributed by atoms with Gasteiger partial charge in [-0.15, -0.1) is 0 Å². The number of nitro groups is 3. The van der Waals surface area contributed by atoms with Gasteiger partial charge in [-0.3, -0.25) is 30.3 Å². The maximum absolute atomic E-state index is 10.5. The van der Waals surface area contributed by atoms with Crippen LogP contribution >= 0.6 is 0 Å². The number of aromatic hydroxyl groups is 2. The molecule has 12 heteroatoms. The van der Waals surface area contributed by atoms with Crippen LogP contribution in [0.25, 0.3) is 0 Å². The Morgan fingerprint density at radius 1 is 0.889 bits per heavy atom. The smallest absolute Gasteiger partial charge is 0.394 e. The zero-order valence-electron chi connectivity index (χ0n) is 8.47. The Kier molecular flexibility index (Phi) is 4.75. The normalized spacial score (nSPS) is 9.33. The lowest BCUT2D eigenvalue weighted by Crippen LogP contribution is -2.00. The Hall–Kier alpha value is -2.21. The van der Waals surface area contributed by atoms with E-state index in [1.165, 1.54) is 0 Å². The number of rotatable bonds is 3. The molecule has 0 heterocycles. The number of nitro benzene ring substituents is 3. The van der Waals surface area contributed by atoms with Crippen LogP contribution < -0.4 is 0 Å². The van der Waals surface area contributed by atoms with Gasteiger partial charge in [-0.2, -0.15) is 0 Å². The molecule has 0 fully saturated rings. The lowest BCUT2D eigenvalue weighted by molar-refractivity contribution is -0.425. The maximum atomic E-state index is 10.5. The van der Waals surface area contributed by atoms with E-state index >= 15 is 0 Å². The molecule has 0 aliphatic carbocycles. The van der Waals surface area contributed by atoms with E-state index in [-0.39, 0.29) is 29.1 Å². The first kappa shape index (κ1) is 15.8. The van der Waals surface area contributed by atoms with Crippen molar-refractivity contribution in [3.05, 3.63) is 36.4 Å². The molecule has 1 rings (SSSR count). The molecule has 18 heavy (non-hydrogen) atoms. The van der Waals surface area contributed by atoms with Crippen molar-refractivity contribution < 1.29 is 25.0 Å². The highest BCUT2D eigenvalue weighted by Crippen LogP contribution is 2.47. The van der Waals surface area contributed by atoms with Crippen molar-refractivity contribution in [2.75, 3.05) is 0 Å². The minimum Gasteiger partial charge on any atom is -0.502 e. The summed E-state index contributed by atoms with van der Waals surface area (Å²) in [5, 5.41) is 49.5. The molecule has 0 saturated carbocycles. The third kappa shape index (κ3) is 2.54. The van der Waals surface area contributed by atoms with Gasteiger partial charge in [-0.1, -0.05) is 0 Å². The molecule has 0 unspecified atom stereocenters. The fourth-order valence-electron chi connectivity index (χ4n) is 1.12. The van der Waals surface area contributed by atoms with E-state index in [9.17, 15) is 35.4 Å². The van der Waals surface area contributed by atoms with E-state index in [0.29, 0.717) is 0 Å². The standard InChI is InChI=1S/C6H3N3O8.Mg/c10-3-1-2(7(12)13)4(8(14)15)6(11)5(3)9(16)17;/h1,10-11H;. The molecule has 0 atom stereocenters. The molecule has 92 valence electrons. The average Bonchev–Trinajstić information content (AvgIpc) is 2.14. The fourth-order valence-corrected chi connectivity index (χ4v) is 1.12. The van der Waals surface area contributed by atoms with Gasteiger partial charge >= 0.3 is 17.1 Å². The van der Waals surface area contributed by atoms with Gasteiger partial charge in [0.05, 0.1) is 20.8 Å². The first-order valence-electron chi connectivity index (χ1n) is 3.79. The summed E-state index contributed by atoms with van der Waals surface area (Å²) in [5.41, 5.74) is -4.04. The lowest BCUT2D eigenvalue weighted by atomic mass is 10.2. The SMILES string of the molecule is O=[N+]([O-])c1cc(O)c([N+](=O)[O-])c(O)c1[N+](=O)[O-].[Mg]. The van der Waals surface area contributed by atoms with Crippen molar-refractivity contribution in [1.82, 2.24) is 0 Å².